The molecule has 1 aromatic carbocycles. The number of nitrogens with two attached hydrogens (primary N) is 1. The van der Waals surface area contributed by atoms with Crippen LogP contribution in [0, 0.1) is 11.8 Å². The van der Waals surface area contributed by atoms with E-state index in [9.17, 15) is 8.42 Å². The summed E-state index contributed by atoms with van der Waals surface area (Å²) in [6.45, 7) is 4.76. The van der Waals surface area contributed by atoms with E-state index in [0.29, 0.717) is 23.3 Å². The van der Waals surface area contributed by atoms with E-state index in [1.807, 2.05) is 13.0 Å². The molecule has 3 atom stereocenters. The van der Waals surface area contributed by atoms with Crippen molar-refractivity contribution in [2.24, 2.45) is 17.6 Å². The monoisotopic (exact) mass is 296 g/mol. The molecule has 4 nitrogen and oxygen atoms in total. The number of hydrogen-bond donors (Lipinski definition) is 1. The van der Waals surface area contributed by atoms with E-state index >= 15 is 0 Å². The zero-order valence-corrected chi connectivity index (χ0v) is 13.2. The summed E-state index contributed by atoms with van der Waals surface area (Å²) in [7, 11) is -1.74. The van der Waals surface area contributed by atoms with Crippen molar-refractivity contribution in [3.63, 3.8) is 0 Å². The zero-order chi connectivity index (χ0) is 14.9. The predicted molar refractivity (Wildman–Crippen MR) is 80.7 cm³/mol. The quantitative estimate of drug-likeness (QED) is 0.876. The lowest BCUT2D eigenvalue weighted by Crippen LogP contribution is -2.29. The predicted octanol–water partition coefficient (Wildman–Crippen LogP) is 2.37. The normalized spacial score (nSPS) is 23.9. The Balaban J connectivity index is 2.20. The van der Waals surface area contributed by atoms with Crippen LogP contribution in [-0.4, -0.2) is 26.3 Å². The molecule has 0 aromatic heterocycles. The van der Waals surface area contributed by atoms with Crippen LogP contribution in [0.3, 0.4) is 0 Å². The van der Waals surface area contributed by atoms with Crippen LogP contribution in [0.4, 0.5) is 0 Å². The van der Waals surface area contributed by atoms with Crippen LogP contribution in [0.2, 0.25) is 0 Å². The molecule has 3 unspecified atom stereocenters. The van der Waals surface area contributed by atoms with E-state index < -0.39 is 10.0 Å². The largest absolute Gasteiger partial charge is 0.324 e. The molecule has 5 heteroatoms. The molecular weight excluding hydrogens is 272 g/mol. The highest BCUT2D eigenvalue weighted by Crippen LogP contribution is 2.38. The van der Waals surface area contributed by atoms with Gasteiger partial charge in [-0.3, -0.25) is 0 Å². The third-order valence-corrected chi connectivity index (χ3v) is 6.02. The molecule has 0 spiro atoms. The molecule has 20 heavy (non-hydrogen) atoms. The van der Waals surface area contributed by atoms with Crippen LogP contribution < -0.4 is 5.73 Å². The second-order valence-corrected chi connectivity index (χ2v) is 7.89. The standard InChI is InChI=1S/C15H24N2O2S/c1-4-15(16)12-6-5-7-14(9-12)20(18,19)17(3)10-13-8-11(13)2/h5-7,9,11,13,15H,4,8,10,16H2,1-3H3. The summed E-state index contributed by atoms with van der Waals surface area (Å²) < 4.78 is 26.6. The van der Waals surface area contributed by atoms with E-state index in [1.54, 1.807) is 25.2 Å². The molecule has 1 aliphatic rings. The fourth-order valence-corrected chi connectivity index (χ4v) is 3.69. The Kier molecular flexibility index (Phi) is 4.52. The lowest BCUT2D eigenvalue weighted by Gasteiger charge is -2.18. The molecule has 1 saturated carbocycles. The highest BCUT2D eigenvalue weighted by molar-refractivity contribution is 7.89. The number of nitrogens with zero attached hydrogens (tertiary/aromatic N) is 1. The van der Waals surface area contributed by atoms with Gasteiger partial charge in [0.25, 0.3) is 0 Å². The fourth-order valence-electron chi connectivity index (χ4n) is 2.40. The molecule has 2 N–H and O–H groups in total. The van der Waals surface area contributed by atoms with Crippen LogP contribution >= 0.6 is 0 Å². The van der Waals surface area contributed by atoms with Gasteiger partial charge in [0.2, 0.25) is 10.0 Å². The van der Waals surface area contributed by atoms with Crippen molar-refractivity contribution >= 4 is 10.0 Å². The highest BCUT2D eigenvalue weighted by atomic mass is 32.2. The molecule has 0 aliphatic heterocycles. The van der Waals surface area contributed by atoms with Crippen molar-refractivity contribution in [3.8, 4) is 0 Å². The maximum atomic E-state index is 12.6. The summed E-state index contributed by atoms with van der Waals surface area (Å²) in [5, 5.41) is 0. The van der Waals surface area contributed by atoms with Crippen LogP contribution in [0.25, 0.3) is 0 Å². The van der Waals surface area contributed by atoms with Crippen molar-refractivity contribution in [2.45, 2.75) is 37.6 Å². The Morgan fingerprint density at radius 1 is 1.45 bits per heavy atom. The molecule has 1 aromatic rings. The average Bonchev–Trinajstić information content (AvgIpc) is 3.13. The first-order chi connectivity index (χ1) is 9.36. The number of sulfonamides is 1. The van der Waals surface area contributed by atoms with Crippen LogP contribution in [0.15, 0.2) is 29.2 Å². The first-order valence-corrected chi connectivity index (χ1v) is 8.62. The number of hydrogen-bond acceptors (Lipinski definition) is 3. The molecule has 1 aliphatic carbocycles. The second kappa shape index (κ2) is 5.84. The highest BCUT2D eigenvalue weighted by Gasteiger charge is 2.36. The van der Waals surface area contributed by atoms with Gasteiger partial charge in [-0.15, -0.1) is 0 Å². The first kappa shape index (κ1) is 15.5. The second-order valence-electron chi connectivity index (χ2n) is 5.85. The van der Waals surface area contributed by atoms with E-state index in [4.69, 9.17) is 5.73 Å². The van der Waals surface area contributed by atoms with Gasteiger partial charge >= 0.3 is 0 Å². The van der Waals surface area contributed by atoms with E-state index in [-0.39, 0.29) is 6.04 Å². The van der Waals surface area contributed by atoms with Crippen LogP contribution in [-0.2, 0) is 10.0 Å². The summed E-state index contributed by atoms with van der Waals surface area (Å²) >= 11 is 0. The minimum Gasteiger partial charge on any atom is -0.324 e. The third-order valence-electron chi connectivity index (χ3n) is 4.20. The molecule has 0 amide bonds. The lowest BCUT2D eigenvalue weighted by molar-refractivity contribution is 0.444. The number of benzene rings is 1. The Labute approximate surface area is 122 Å². The van der Waals surface area contributed by atoms with E-state index in [0.717, 1.165) is 18.4 Å². The molecule has 2 rings (SSSR count). The minimum atomic E-state index is -3.40. The zero-order valence-electron chi connectivity index (χ0n) is 12.4. The maximum absolute atomic E-state index is 12.6. The average molecular weight is 296 g/mol. The van der Waals surface area contributed by atoms with E-state index in [1.165, 1.54) is 4.31 Å². The lowest BCUT2D eigenvalue weighted by atomic mass is 10.1. The smallest absolute Gasteiger partial charge is 0.242 e. The van der Waals surface area contributed by atoms with Gasteiger partial charge in [0.1, 0.15) is 0 Å². The molecule has 112 valence electrons. The number of rotatable bonds is 6. The summed E-state index contributed by atoms with van der Waals surface area (Å²) in [6.07, 6.45) is 1.92. The molecular formula is C15H24N2O2S. The fraction of sp³-hybridized carbons (Fsp3) is 0.600. The summed E-state index contributed by atoms with van der Waals surface area (Å²) in [5.41, 5.74) is 6.86. The molecule has 1 fully saturated rings. The Bertz CT molecular complexity index is 571. The van der Waals surface area contributed by atoms with Crippen molar-refractivity contribution in [3.05, 3.63) is 29.8 Å². The molecule has 0 radical (unpaired) electrons. The minimum absolute atomic E-state index is 0.112. The van der Waals surface area contributed by atoms with Crippen molar-refractivity contribution < 1.29 is 8.42 Å². The van der Waals surface area contributed by atoms with Gasteiger partial charge in [0.05, 0.1) is 4.90 Å². The Morgan fingerprint density at radius 2 is 2.10 bits per heavy atom. The summed E-state index contributed by atoms with van der Waals surface area (Å²) in [4.78, 5) is 0.342. The molecule has 0 heterocycles. The van der Waals surface area contributed by atoms with Gasteiger partial charge in [0, 0.05) is 19.6 Å². The van der Waals surface area contributed by atoms with Gasteiger partial charge in [-0.1, -0.05) is 26.0 Å². The summed E-state index contributed by atoms with van der Waals surface area (Å²) in [6, 6.07) is 6.89. The van der Waals surface area contributed by atoms with Crippen molar-refractivity contribution in [1.82, 2.24) is 4.31 Å². The third kappa shape index (κ3) is 3.22. The van der Waals surface area contributed by atoms with Gasteiger partial charge in [-0.25, -0.2) is 12.7 Å². The van der Waals surface area contributed by atoms with Crippen molar-refractivity contribution in [2.75, 3.05) is 13.6 Å². The maximum Gasteiger partial charge on any atom is 0.242 e. The topological polar surface area (TPSA) is 63.4 Å². The van der Waals surface area contributed by atoms with Gasteiger partial charge in [0.15, 0.2) is 0 Å². The van der Waals surface area contributed by atoms with Gasteiger partial charge < -0.3 is 5.73 Å². The SMILES string of the molecule is CCC(N)c1cccc(S(=O)(=O)N(C)CC2CC2C)c1. The summed E-state index contributed by atoms with van der Waals surface area (Å²) in [5.74, 6) is 1.16. The van der Waals surface area contributed by atoms with Crippen LogP contribution in [0.1, 0.15) is 38.3 Å². The molecule has 0 saturated heterocycles. The van der Waals surface area contributed by atoms with Gasteiger partial charge in [-0.05, 0) is 42.4 Å². The van der Waals surface area contributed by atoms with E-state index in [2.05, 4.69) is 6.92 Å². The van der Waals surface area contributed by atoms with Crippen LogP contribution in [0.5, 0.6) is 0 Å². The van der Waals surface area contributed by atoms with Crippen molar-refractivity contribution in [1.29, 1.82) is 0 Å². The van der Waals surface area contributed by atoms with Gasteiger partial charge in [-0.2, -0.15) is 0 Å². The Hall–Kier alpha value is -0.910. The molecule has 0 bridgehead atoms. The first-order valence-electron chi connectivity index (χ1n) is 7.18. The Morgan fingerprint density at radius 3 is 2.65 bits per heavy atom.